The van der Waals surface area contributed by atoms with E-state index in [9.17, 15) is 9.59 Å². The van der Waals surface area contributed by atoms with Gasteiger partial charge >= 0.3 is 0 Å². The number of hydrogen-bond acceptors (Lipinski definition) is 4. The van der Waals surface area contributed by atoms with Crippen molar-refractivity contribution in [3.8, 4) is 0 Å². The van der Waals surface area contributed by atoms with Crippen LogP contribution < -0.4 is 10.2 Å². The Kier molecular flexibility index (Phi) is 2.18. The summed E-state index contributed by atoms with van der Waals surface area (Å²) in [7, 11) is 0. The Bertz CT molecular complexity index is 720. The number of nitrogens with one attached hydrogen (secondary N) is 1. The first-order valence-electron chi connectivity index (χ1n) is 6.46. The van der Waals surface area contributed by atoms with Crippen LogP contribution in [0.2, 0.25) is 0 Å². The molecule has 2 aliphatic rings. The average molecular weight is 265 g/mol. The van der Waals surface area contributed by atoms with Gasteiger partial charge in [0.05, 0.1) is 11.3 Å². The molecule has 0 saturated carbocycles. The zero-order valence-electron chi connectivity index (χ0n) is 10.6. The molecule has 0 aliphatic carbocycles. The summed E-state index contributed by atoms with van der Waals surface area (Å²) in [4.78, 5) is 29.9. The highest BCUT2D eigenvalue weighted by Crippen LogP contribution is 2.31. The molecule has 0 saturated heterocycles. The molecule has 3 heterocycles. The molecule has 2 aliphatic heterocycles. The Balaban J connectivity index is 1.81. The van der Waals surface area contributed by atoms with Crippen LogP contribution in [0.15, 0.2) is 36.5 Å². The van der Waals surface area contributed by atoms with Crippen molar-refractivity contribution in [1.29, 1.82) is 0 Å². The number of nitrogens with zero attached hydrogens (tertiary/aromatic N) is 2. The Morgan fingerprint density at radius 1 is 1.15 bits per heavy atom. The number of carbonyl (C=O) groups excluding carboxylic acids is 2. The third kappa shape index (κ3) is 1.40. The fraction of sp³-hybridized carbons (Fsp3) is 0.133. The SMILES string of the molecule is O=C1c2cccnc2C(=O)N1c1ccc2c(c1)CCN2. The third-order valence-corrected chi connectivity index (χ3v) is 3.70. The Morgan fingerprint density at radius 3 is 2.90 bits per heavy atom. The molecule has 0 unspecified atom stereocenters. The van der Waals surface area contributed by atoms with Crippen molar-refractivity contribution >= 4 is 23.2 Å². The average Bonchev–Trinajstić information content (AvgIpc) is 3.03. The van der Waals surface area contributed by atoms with Gasteiger partial charge in [-0.05, 0) is 42.3 Å². The minimum Gasteiger partial charge on any atom is -0.384 e. The lowest BCUT2D eigenvalue weighted by Gasteiger charge is -2.14. The predicted molar refractivity (Wildman–Crippen MR) is 74.0 cm³/mol. The second-order valence-electron chi connectivity index (χ2n) is 4.86. The fourth-order valence-corrected chi connectivity index (χ4v) is 2.73. The quantitative estimate of drug-likeness (QED) is 0.799. The number of amides is 2. The normalized spacial score (nSPS) is 16.1. The van der Waals surface area contributed by atoms with E-state index in [0.29, 0.717) is 11.3 Å². The maximum atomic E-state index is 12.4. The first-order valence-corrected chi connectivity index (χ1v) is 6.46. The van der Waals surface area contributed by atoms with E-state index in [1.54, 1.807) is 18.2 Å². The topological polar surface area (TPSA) is 62.3 Å². The van der Waals surface area contributed by atoms with Gasteiger partial charge in [0, 0.05) is 18.4 Å². The molecule has 0 spiro atoms. The van der Waals surface area contributed by atoms with Crippen molar-refractivity contribution in [3.63, 3.8) is 0 Å². The monoisotopic (exact) mass is 265 g/mol. The lowest BCUT2D eigenvalue weighted by atomic mass is 10.1. The number of benzene rings is 1. The van der Waals surface area contributed by atoms with Gasteiger partial charge in [-0.2, -0.15) is 0 Å². The van der Waals surface area contributed by atoms with E-state index in [2.05, 4.69) is 10.3 Å². The van der Waals surface area contributed by atoms with E-state index < -0.39 is 0 Å². The van der Waals surface area contributed by atoms with Gasteiger partial charge in [0.15, 0.2) is 0 Å². The predicted octanol–water partition coefficient (Wildman–Crippen LogP) is 1.85. The van der Waals surface area contributed by atoms with Crippen molar-refractivity contribution in [2.75, 3.05) is 16.8 Å². The van der Waals surface area contributed by atoms with Crippen LogP contribution in [0, 0.1) is 0 Å². The van der Waals surface area contributed by atoms with E-state index in [4.69, 9.17) is 0 Å². The number of carbonyl (C=O) groups is 2. The van der Waals surface area contributed by atoms with Crippen LogP contribution >= 0.6 is 0 Å². The largest absolute Gasteiger partial charge is 0.384 e. The summed E-state index contributed by atoms with van der Waals surface area (Å²) in [5.74, 6) is -0.652. The molecule has 4 rings (SSSR count). The van der Waals surface area contributed by atoms with E-state index in [-0.39, 0.29) is 17.5 Å². The molecule has 2 aromatic rings. The molecule has 1 N–H and O–H groups in total. The number of imide groups is 1. The molecular weight excluding hydrogens is 254 g/mol. The van der Waals surface area contributed by atoms with Gasteiger partial charge in [0.25, 0.3) is 11.8 Å². The Hall–Kier alpha value is -2.69. The molecule has 20 heavy (non-hydrogen) atoms. The van der Waals surface area contributed by atoms with Crippen LogP contribution in [-0.4, -0.2) is 23.3 Å². The van der Waals surface area contributed by atoms with Crippen LogP contribution in [0.3, 0.4) is 0 Å². The Labute approximate surface area is 115 Å². The van der Waals surface area contributed by atoms with E-state index in [0.717, 1.165) is 24.2 Å². The van der Waals surface area contributed by atoms with Crippen LogP contribution in [0.4, 0.5) is 11.4 Å². The summed E-state index contributed by atoms with van der Waals surface area (Å²) >= 11 is 0. The van der Waals surface area contributed by atoms with Gasteiger partial charge in [-0.15, -0.1) is 0 Å². The van der Waals surface area contributed by atoms with Crippen LogP contribution in [0.25, 0.3) is 0 Å². The molecule has 1 aromatic heterocycles. The first kappa shape index (κ1) is 11.2. The number of rotatable bonds is 1. The number of hydrogen-bond donors (Lipinski definition) is 1. The van der Waals surface area contributed by atoms with Gasteiger partial charge in [-0.1, -0.05) is 0 Å². The molecule has 0 fully saturated rings. The summed E-state index contributed by atoms with van der Waals surface area (Å²) in [6.07, 6.45) is 2.44. The molecule has 0 bridgehead atoms. The first-order chi connectivity index (χ1) is 9.75. The molecule has 98 valence electrons. The minimum atomic E-state index is -0.350. The molecule has 2 amide bonds. The summed E-state index contributed by atoms with van der Waals surface area (Å²) in [6.45, 7) is 0.891. The minimum absolute atomic E-state index is 0.233. The summed E-state index contributed by atoms with van der Waals surface area (Å²) in [5, 5.41) is 3.26. The summed E-state index contributed by atoms with van der Waals surface area (Å²) in [6, 6.07) is 8.90. The zero-order chi connectivity index (χ0) is 13.7. The highest BCUT2D eigenvalue weighted by molar-refractivity contribution is 6.33. The number of aromatic nitrogens is 1. The van der Waals surface area contributed by atoms with E-state index in [1.165, 1.54) is 11.1 Å². The maximum absolute atomic E-state index is 12.4. The third-order valence-electron chi connectivity index (χ3n) is 3.70. The van der Waals surface area contributed by atoms with Crippen LogP contribution in [0.1, 0.15) is 26.4 Å². The lowest BCUT2D eigenvalue weighted by molar-refractivity contribution is 0.0924. The molecule has 0 atom stereocenters. The highest BCUT2D eigenvalue weighted by Gasteiger charge is 2.37. The van der Waals surface area contributed by atoms with Crippen molar-refractivity contribution in [3.05, 3.63) is 53.3 Å². The van der Waals surface area contributed by atoms with Gasteiger partial charge in [-0.3, -0.25) is 14.6 Å². The van der Waals surface area contributed by atoms with Gasteiger partial charge in [-0.25, -0.2) is 4.90 Å². The molecule has 5 nitrogen and oxygen atoms in total. The fourth-order valence-electron chi connectivity index (χ4n) is 2.73. The number of fused-ring (bicyclic) bond motifs is 2. The smallest absolute Gasteiger partial charge is 0.284 e. The van der Waals surface area contributed by atoms with E-state index >= 15 is 0 Å². The molecule has 0 radical (unpaired) electrons. The second kappa shape index (κ2) is 3.90. The maximum Gasteiger partial charge on any atom is 0.284 e. The molecule has 5 heteroatoms. The Morgan fingerprint density at radius 2 is 2.05 bits per heavy atom. The van der Waals surface area contributed by atoms with Crippen LogP contribution in [-0.2, 0) is 6.42 Å². The van der Waals surface area contributed by atoms with Crippen LogP contribution in [0.5, 0.6) is 0 Å². The number of anilines is 2. The molecular formula is C15H11N3O2. The van der Waals surface area contributed by atoms with Crippen molar-refractivity contribution in [2.24, 2.45) is 0 Å². The summed E-state index contributed by atoms with van der Waals surface area (Å²) < 4.78 is 0. The molecule has 1 aromatic carbocycles. The van der Waals surface area contributed by atoms with Gasteiger partial charge < -0.3 is 5.32 Å². The van der Waals surface area contributed by atoms with Gasteiger partial charge in [0.2, 0.25) is 0 Å². The van der Waals surface area contributed by atoms with Crippen molar-refractivity contribution < 1.29 is 9.59 Å². The van der Waals surface area contributed by atoms with Crippen molar-refractivity contribution in [1.82, 2.24) is 4.98 Å². The standard InChI is InChI=1S/C15H11N3O2/c19-14-11-2-1-6-17-13(11)15(20)18(14)10-3-4-12-9(8-10)5-7-16-12/h1-4,6,8,16H,5,7H2. The zero-order valence-corrected chi connectivity index (χ0v) is 10.6. The van der Waals surface area contributed by atoms with Crippen molar-refractivity contribution in [2.45, 2.75) is 6.42 Å². The van der Waals surface area contributed by atoms with E-state index in [1.807, 2.05) is 12.1 Å². The second-order valence-corrected chi connectivity index (χ2v) is 4.86. The summed E-state index contributed by atoms with van der Waals surface area (Å²) in [5.41, 5.74) is 3.42. The number of pyridine rings is 1. The highest BCUT2D eigenvalue weighted by atomic mass is 16.2. The van der Waals surface area contributed by atoms with Gasteiger partial charge in [0.1, 0.15) is 5.69 Å². The lowest BCUT2D eigenvalue weighted by Crippen LogP contribution is -2.29.